The summed E-state index contributed by atoms with van der Waals surface area (Å²) in [7, 11) is 0. The van der Waals surface area contributed by atoms with Gasteiger partial charge in [-0.15, -0.1) is 0 Å². The number of benzene rings is 2. The normalized spacial score (nSPS) is 10.7. The van der Waals surface area contributed by atoms with Crippen molar-refractivity contribution in [3.8, 4) is 0 Å². The molecule has 1 N–H and O–H groups in total. The third-order valence-corrected chi connectivity index (χ3v) is 3.93. The van der Waals surface area contributed by atoms with Crippen molar-refractivity contribution in [1.82, 2.24) is 5.32 Å². The molecule has 0 fully saturated rings. The van der Waals surface area contributed by atoms with Gasteiger partial charge in [-0.05, 0) is 42.7 Å². The van der Waals surface area contributed by atoms with Crippen LogP contribution in [-0.4, -0.2) is 25.0 Å². The van der Waals surface area contributed by atoms with Gasteiger partial charge in [0.15, 0.2) is 0 Å². The molecule has 0 atom stereocenters. The van der Waals surface area contributed by atoms with Gasteiger partial charge >= 0.3 is 5.97 Å². The molecule has 0 aromatic heterocycles. The lowest BCUT2D eigenvalue weighted by molar-refractivity contribution is -0.138. The lowest BCUT2D eigenvalue weighted by atomic mass is 10.1. The van der Waals surface area contributed by atoms with E-state index in [9.17, 15) is 9.59 Å². The molecule has 0 heterocycles. The van der Waals surface area contributed by atoms with E-state index in [-0.39, 0.29) is 12.5 Å². The summed E-state index contributed by atoms with van der Waals surface area (Å²) in [5.74, 6) is -0.519. The average molecular weight is 372 g/mol. The maximum atomic E-state index is 11.8. The number of nitrogens with one attached hydrogen (secondary N) is 1. The van der Waals surface area contributed by atoms with Crippen LogP contribution in [0.5, 0.6) is 0 Å². The molecular formula is C21H22ClNO3. The molecule has 0 saturated heterocycles. The van der Waals surface area contributed by atoms with E-state index >= 15 is 0 Å². The largest absolute Gasteiger partial charge is 0.461 e. The Labute approximate surface area is 158 Å². The van der Waals surface area contributed by atoms with Crippen LogP contribution in [0.15, 0.2) is 54.6 Å². The van der Waals surface area contributed by atoms with Crippen molar-refractivity contribution in [1.29, 1.82) is 0 Å². The Bertz CT molecular complexity index is 769. The van der Waals surface area contributed by atoms with Gasteiger partial charge in [-0.1, -0.05) is 53.6 Å². The number of ether oxygens (including phenoxy) is 1. The lowest BCUT2D eigenvalue weighted by Gasteiger charge is -2.06. The number of hydrogen-bond acceptors (Lipinski definition) is 3. The van der Waals surface area contributed by atoms with Crippen molar-refractivity contribution >= 4 is 29.6 Å². The van der Waals surface area contributed by atoms with Crippen LogP contribution in [-0.2, 0) is 20.7 Å². The number of halogens is 1. The Morgan fingerprint density at radius 3 is 2.65 bits per heavy atom. The van der Waals surface area contributed by atoms with Crippen LogP contribution in [0.4, 0.5) is 0 Å². The van der Waals surface area contributed by atoms with Crippen molar-refractivity contribution in [3.05, 3.63) is 76.3 Å². The van der Waals surface area contributed by atoms with E-state index in [0.717, 1.165) is 11.1 Å². The minimum atomic E-state index is -0.459. The first-order valence-electron chi connectivity index (χ1n) is 8.45. The zero-order valence-electron chi connectivity index (χ0n) is 14.7. The van der Waals surface area contributed by atoms with E-state index in [1.165, 1.54) is 11.6 Å². The van der Waals surface area contributed by atoms with Crippen LogP contribution in [0.25, 0.3) is 6.08 Å². The highest BCUT2D eigenvalue weighted by molar-refractivity contribution is 6.30. The molecule has 4 nitrogen and oxygen atoms in total. The highest BCUT2D eigenvalue weighted by atomic mass is 35.5. The van der Waals surface area contributed by atoms with E-state index in [4.69, 9.17) is 16.3 Å². The van der Waals surface area contributed by atoms with E-state index in [0.29, 0.717) is 24.4 Å². The molecule has 0 saturated carbocycles. The molecule has 2 rings (SSSR count). The Balaban J connectivity index is 1.61. The maximum absolute atomic E-state index is 11.8. The van der Waals surface area contributed by atoms with Crippen molar-refractivity contribution in [2.75, 3.05) is 13.2 Å². The Morgan fingerprint density at radius 1 is 1.15 bits per heavy atom. The molecule has 0 aliphatic heterocycles. The summed E-state index contributed by atoms with van der Waals surface area (Å²) in [6.07, 6.45) is 4.07. The van der Waals surface area contributed by atoms with E-state index in [1.807, 2.05) is 37.3 Å². The third-order valence-electron chi connectivity index (χ3n) is 3.69. The van der Waals surface area contributed by atoms with Crippen LogP contribution in [0, 0.1) is 6.92 Å². The van der Waals surface area contributed by atoms with Gasteiger partial charge < -0.3 is 10.1 Å². The van der Waals surface area contributed by atoms with Gasteiger partial charge in [0.2, 0.25) is 5.91 Å². The zero-order chi connectivity index (χ0) is 18.8. The van der Waals surface area contributed by atoms with Gasteiger partial charge in [0.05, 0.1) is 6.54 Å². The summed E-state index contributed by atoms with van der Waals surface area (Å²) in [6, 6.07) is 15.3. The summed E-state index contributed by atoms with van der Waals surface area (Å²) in [5.41, 5.74) is 3.15. The van der Waals surface area contributed by atoms with Crippen molar-refractivity contribution in [3.63, 3.8) is 0 Å². The molecular weight excluding hydrogens is 350 g/mol. The number of esters is 1. The third kappa shape index (κ3) is 7.53. The highest BCUT2D eigenvalue weighted by Crippen LogP contribution is 2.11. The fraction of sp³-hybridized carbons (Fsp3) is 0.238. The molecule has 2 aromatic carbocycles. The van der Waals surface area contributed by atoms with Gasteiger partial charge in [-0.3, -0.25) is 4.79 Å². The van der Waals surface area contributed by atoms with Crippen LogP contribution in [0.3, 0.4) is 0 Å². The number of carbonyl (C=O) groups is 2. The number of hydrogen-bond donors (Lipinski definition) is 1. The topological polar surface area (TPSA) is 55.4 Å². The second-order valence-corrected chi connectivity index (χ2v) is 6.33. The van der Waals surface area contributed by atoms with Crippen LogP contribution >= 0.6 is 11.6 Å². The number of aryl methyl sites for hydroxylation is 2. The van der Waals surface area contributed by atoms with Crippen molar-refractivity contribution in [2.45, 2.75) is 19.8 Å². The smallest absolute Gasteiger partial charge is 0.330 e. The quantitative estimate of drug-likeness (QED) is 0.434. The predicted molar refractivity (Wildman–Crippen MR) is 104 cm³/mol. The van der Waals surface area contributed by atoms with E-state index in [1.54, 1.807) is 24.3 Å². The zero-order valence-corrected chi connectivity index (χ0v) is 15.5. The molecule has 136 valence electrons. The Morgan fingerprint density at radius 2 is 1.92 bits per heavy atom. The monoisotopic (exact) mass is 371 g/mol. The first-order chi connectivity index (χ1) is 12.5. The highest BCUT2D eigenvalue weighted by Gasteiger charge is 2.03. The number of amides is 1. The molecule has 0 unspecified atom stereocenters. The lowest BCUT2D eigenvalue weighted by Crippen LogP contribution is -2.28. The number of carbonyl (C=O) groups excluding carboxylic acids is 2. The molecule has 2 aromatic rings. The van der Waals surface area contributed by atoms with Crippen LogP contribution in [0.2, 0.25) is 5.02 Å². The molecule has 0 spiro atoms. The molecule has 26 heavy (non-hydrogen) atoms. The van der Waals surface area contributed by atoms with Gasteiger partial charge in [-0.25, -0.2) is 4.79 Å². The second kappa shape index (κ2) is 10.4. The minimum Gasteiger partial charge on any atom is -0.461 e. The Hall–Kier alpha value is -2.59. The SMILES string of the molecule is Cc1ccc(CCC(=O)NCCOC(=O)/C=C/c2cccc(Cl)c2)cc1. The molecule has 0 aliphatic carbocycles. The van der Waals surface area contributed by atoms with Crippen molar-refractivity contribution in [2.24, 2.45) is 0 Å². The van der Waals surface area contributed by atoms with Crippen LogP contribution in [0.1, 0.15) is 23.1 Å². The summed E-state index contributed by atoms with van der Waals surface area (Å²) in [6.45, 7) is 2.46. The second-order valence-electron chi connectivity index (χ2n) is 5.89. The first-order valence-corrected chi connectivity index (χ1v) is 8.83. The van der Waals surface area contributed by atoms with Gasteiger partial charge in [0, 0.05) is 17.5 Å². The van der Waals surface area contributed by atoms with Gasteiger partial charge in [0.25, 0.3) is 0 Å². The molecule has 1 amide bonds. The maximum Gasteiger partial charge on any atom is 0.330 e. The van der Waals surface area contributed by atoms with E-state index < -0.39 is 5.97 Å². The van der Waals surface area contributed by atoms with Gasteiger partial charge in [-0.2, -0.15) is 0 Å². The average Bonchev–Trinajstić information content (AvgIpc) is 2.63. The number of rotatable bonds is 8. The van der Waals surface area contributed by atoms with Crippen molar-refractivity contribution < 1.29 is 14.3 Å². The summed E-state index contributed by atoms with van der Waals surface area (Å²) in [4.78, 5) is 23.4. The standard InChI is InChI=1S/C21H22ClNO3/c1-16-5-7-17(8-6-16)9-11-20(24)23-13-14-26-21(25)12-10-18-3-2-4-19(22)15-18/h2-8,10,12,15H,9,11,13-14H2,1H3,(H,23,24)/b12-10+. The first kappa shape index (κ1) is 19.7. The summed E-state index contributed by atoms with van der Waals surface area (Å²) >= 11 is 5.87. The fourth-order valence-corrected chi connectivity index (χ4v) is 2.46. The summed E-state index contributed by atoms with van der Waals surface area (Å²) in [5, 5.41) is 3.35. The van der Waals surface area contributed by atoms with Gasteiger partial charge in [0.1, 0.15) is 6.61 Å². The minimum absolute atomic E-state index is 0.0592. The molecule has 0 aliphatic rings. The predicted octanol–water partition coefficient (Wildman–Crippen LogP) is 3.95. The molecule has 5 heteroatoms. The molecule has 0 bridgehead atoms. The van der Waals surface area contributed by atoms with Crippen LogP contribution < -0.4 is 5.32 Å². The van der Waals surface area contributed by atoms with E-state index in [2.05, 4.69) is 5.32 Å². The fourth-order valence-electron chi connectivity index (χ4n) is 2.27. The Kier molecular flexibility index (Phi) is 7.90. The molecule has 0 radical (unpaired) electrons. The summed E-state index contributed by atoms with van der Waals surface area (Å²) < 4.78 is 5.05.